The molecular formula is C14H17F2N3O. The van der Waals surface area contributed by atoms with Crippen molar-refractivity contribution in [3.63, 3.8) is 0 Å². The van der Waals surface area contributed by atoms with E-state index in [9.17, 15) is 13.6 Å². The standard InChI is InChI=1S/C14H17F2N3O/c15-10-6-11(16)12(5-9(10)14(17)20)18-13-7-19-3-1-8(13)2-4-19/h5-6,8,13,18H,1-4,7H2,(H2,17,20). The summed E-state index contributed by atoms with van der Waals surface area (Å²) in [6.45, 7) is 3.02. The van der Waals surface area contributed by atoms with Gasteiger partial charge in [-0.15, -0.1) is 0 Å². The number of hydrogen-bond donors (Lipinski definition) is 2. The highest BCUT2D eigenvalue weighted by atomic mass is 19.1. The maximum Gasteiger partial charge on any atom is 0.251 e. The fraction of sp³-hybridized carbons (Fsp3) is 0.500. The molecule has 3 saturated heterocycles. The molecular weight excluding hydrogens is 264 g/mol. The van der Waals surface area contributed by atoms with E-state index in [4.69, 9.17) is 5.73 Å². The van der Waals surface area contributed by atoms with Gasteiger partial charge in [0.1, 0.15) is 11.6 Å². The van der Waals surface area contributed by atoms with E-state index in [1.807, 2.05) is 0 Å². The van der Waals surface area contributed by atoms with Gasteiger partial charge in [-0.2, -0.15) is 0 Å². The third-order valence-electron chi connectivity index (χ3n) is 4.32. The second-order valence-electron chi connectivity index (χ2n) is 5.57. The molecule has 0 aliphatic carbocycles. The van der Waals surface area contributed by atoms with Crippen LogP contribution in [0.5, 0.6) is 0 Å². The molecule has 2 bridgehead atoms. The van der Waals surface area contributed by atoms with Crippen LogP contribution in [0.1, 0.15) is 23.2 Å². The average Bonchev–Trinajstić information content (AvgIpc) is 2.43. The Balaban J connectivity index is 1.83. The summed E-state index contributed by atoms with van der Waals surface area (Å²) in [5.74, 6) is -2.00. The van der Waals surface area contributed by atoms with Crippen molar-refractivity contribution in [1.29, 1.82) is 0 Å². The predicted molar refractivity (Wildman–Crippen MR) is 71.5 cm³/mol. The molecule has 108 valence electrons. The summed E-state index contributed by atoms with van der Waals surface area (Å²) in [5.41, 5.74) is 4.96. The van der Waals surface area contributed by atoms with Gasteiger partial charge in [-0.05, 0) is 37.9 Å². The molecule has 1 unspecified atom stereocenters. The number of halogens is 2. The monoisotopic (exact) mass is 281 g/mol. The van der Waals surface area contributed by atoms with Crippen molar-refractivity contribution in [2.75, 3.05) is 25.0 Å². The second kappa shape index (κ2) is 5.01. The van der Waals surface area contributed by atoms with Gasteiger partial charge in [0.05, 0.1) is 11.3 Å². The lowest BCUT2D eigenvalue weighted by Gasteiger charge is -2.45. The largest absolute Gasteiger partial charge is 0.378 e. The Bertz CT molecular complexity index is 541. The minimum absolute atomic E-state index is 0.137. The molecule has 4 rings (SSSR count). The van der Waals surface area contributed by atoms with Gasteiger partial charge < -0.3 is 16.0 Å². The van der Waals surface area contributed by atoms with Crippen LogP contribution in [0.25, 0.3) is 0 Å². The van der Waals surface area contributed by atoms with E-state index < -0.39 is 17.5 Å². The lowest BCUT2D eigenvalue weighted by atomic mass is 9.84. The first-order valence-corrected chi connectivity index (χ1v) is 6.82. The number of carbonyl (C=O) groups is 1. The molecule has 3 heterocycles. The molecule has 1 aromatic rings. The van der Waals surface area contributed by atoms with Crippen molar-refractivity contribution in [3.8, 4) is 0 Å². The van der Waals surface area contributed by atoms with Crippen molar-refractivity contribution < 1.29 is 13.6 Å². The fourth-order valence-corrected chi connectivity index (χ4v) is 3.18. The Morgan fingerprint density at radius 2 is 1.95 bits per heavy atom. The Morgan fingerprint density at radius 3 is 2.50 bits per heavy atom. The summed E-state index contributed by atoms with van der Waals surface area (Å²) in [4.78, 5) is 13.5. The van der Waals surface area contributed by atoms with Gasteiger partial charge in [0.25, 0.3) is 5.91 Å². The van der Waals surface area contributed by atoms with Crippen molar-refractivity contribution in [2.45, 2.75) is 18.9 Å². The van der Waals surface area contributed by atoms with Crippen LogP contribution >= 0.6 is 0 Å². The molecule has 0 saturated carbocycles. The maximum absolute atomic E-state index is 13.8. The van der Waals surface area contributed by atoms with Gasteiger partial charge in [-0.1, -0.05) is 0 Å². The summed E-state index contributed by atoms with van der Waals surface area (Å²) < 4.78 is 27.3. The van der Waals surface area contributed by atoms with Gasteiger partial charge in [-0.25, -0.2) is 8.78 Å². The van der Waals surface area contributed by atoms with Crippen molar-refractivity contribution in [2.24, 2.45) is 11.7 Å². The van der Waals surface area contributed by atoms with E-state index >= 15 is 0 Å². The molecule has 0 spiro atoms. The van der Waals surface area contributed by atoms with Crippen LogP contribution in [0.3, 0.4) is 0 Å². The highest BCUT2D eigenvalue weighted by Crippen LogP contribution is 2.31. The Morgan fingerprint density at radius 1 is 1.25 bits per heavy atom. The Hall–Kier alpha value is -1.69. The topological polar surface area (TPSA) is 58.4 Å². The average molecular weight is 281 g/mol. The lowest BCUT2D eigenvalue weighted by molar-refractivity contribution is 0.0973. The zero-order chi connectivity index (χ0) is 14.3. The van der Waals surface area contributed by atoms with Gasteiger partial charge in [-0.3, -0.25) is 4.79 Å². The van der Waals surface area contributed by atoms with Gasteiger partial charge in [0, 0.05) is 18.7 Å². The summed E-state index contributed by atoms with van der Waals surface area (Å²) in [6.07, 6.45) is 2.17. The number of rotatable bonds is 3. The molecule has 0 aromatic heterocycles. The molecule has 0 radical (unpaired) electrons. The number of nitrogens with two attached hydrogens (primary N) is 1. The van der Waals surface area contributed by atoms with E-state index in [1.165, 1.54) is 6.07 Å². The molecule has 1 amide bonds. The van der Waals surface area contributed by atoms with Crippen LogP contribution in [-0.2, 0) is 0 Å². The Labute approximate surface area is 115 Å². The first-order chi connectivity index (χ1) is 9.54. The molecule has 3 fully saturated rings. The predicted octanol–water partition coefficient (Wildman–Crippen LogP) is 1.57. The minimum atomic E-state index is -0.922. The molecule has 20 heavy (non-hydrogen) atoms. The summed E-state index contributed by atoms with van der Waals surface area (Å²) in [7, 11) is 0. The van der Waals surface area contributed by atoms with E-state index in [-0.39, 0.29) is 17.3 Å². The third kappa shape index (κ3) is 2.35. The molecule has 3 aliphatic rings. The quantitative estimate of drug-likeness (QED) is 0.884. The SMILES string of the molecule is NC(=O)c1cc(NC2CN3CCC2CC3)c(F)cc1F. The summed E-state index contributed by atoms with van der Waals surface area (Å²) >= 11 is 0. The molecule has 6 heteroatoms. The van der Waals surface area contributed by atoms with Gasteiger partial charge in [0.15, 0.2) is 0 Å². The first kappa shape index (κ1) is 13.3. The van der Waals surface area contributed by atoms with Crippen LogP contribution in [0.15, 0.2) is 12.1 Å². The normalized spacial score (nSPS) is 28.4. The number of nitrogens with zero attached hydrogens (tertiary/aromatic N) is 1. The van der Waals surface area contributed by atoms with Gasteiger partial charge >= 0.3 is 0 Å². The van der Waals surface area contributed by atoms with E-state index in [2.05, 4.69) is 10.2 Å². The van der Waals surface area contributed by atoms with E-state index in [0.717, 1.165) is 32.5 Å². The van der Waals surface area contributed by atoms with Crippen LogP contribution in [-0.4, -0.2) is 36.5 Å². The number of anilines is 1. The number of amides is 1. The zero-order valence-electron chi connectivity index (χ0n) is 11.0. The number of hydrogen-bond acceptors (Lipinski definition) is 3. The highest BCUT2D eigenvalue weighted by Gasteiger charge is 2.34. The van der Waals surface area contributed by atoms with Crippen LogP contribution in [0.4, 0.5) is 14.5 Å². The smallest absolute Gasteiger partial charge is 0.251 e. The molecule has 3 aliphatic heterocycles. The summed E-state index contributed by atoms with van der Waals surface area (Å²) in [6, 6.07) is 2.02. The third-order valence-corrected chi connectivity index (χ3v) is 4.32. The van der Waals surface area contributed by atoms with Crippen molar-refractivity contribution in [3.05, 3.63) is 29.3 Å². The zero-order valence-corrected chi connectivity index (χ0v) is 11.0. The molecule has 4 nitrogen and oxygen atoms in total. The van der Waals surface area contributed by atoms with Crippen molar-refractivity contribution >= 4 is 11.6 Å². The number of piperidine rings is 3. The number of carbonyl (C=O) groups excluding carboxylic acids is 1. The highest BCUT2D eigenvalue weighted by molar-refractivity contribution is 5.94. The Kier molecular flexibility index (Phi) is 3.33. The van der Waals surface area contributed by atoms with Crippen LogP contribution in [0.2, 0.25) is 0 Å². The van der Waals surface area contributed by atoms with Crippen LogP contribution in [0, 0.1) is 17.6 Å². The van der Waals surface area contributed by atoms with Crippen LogP contribution < -0.4 is 11.1 Å². The maximum atomic E-state index is 13.8. The van der Waals surface area contributed by atoms with Crippen molar-refractivity contribution in [1.82, 2.24) is 4.90 Å². The van der Waals surface area contributed by atoms with E-state index in [1.54, 1.807) is 0 Å². The number of benzene rings is 1. The molecule has 3 N–H and O–H groups in total. The summed E-state index contributed by atoms with van der Waals surface area (Å²) in [5, 5.41) is 3.11. The second-order valence-corrected chi connectivity index (χ2v) is 5.57. The minimum Gasteiger partial charge on any atom is -0.378 e. The molecule has 1 aromatic carbocycles. The lowest BCUT2D eigenvalue weighted by Crippen LogP contribution is -2.53. The van der Waals surface area contributed by atoms with E-state index in [0.29, 0.717) is 12.0 Å². The number of primary amides is 1. The number of nitrogens with one attached hydrogen (secondary N) is 1. The van der Waals surface area contributed by atoms with Gasteiger partial charge in [0.2, 0.25) is 0 Å². The fourth-order valence-electron chi connectivity index (χ4n) is 3.18. The number of fused-ring (bicyclic) bond motifs is 3. The first-order valence-electron chi connectivity index (χ1n) is 6.82. The molecule has 1 atom stereocenters.